The Balaban J connectivity index is 4.84. The van der Waals surface area contributed by atoms with E-state index in [4.69, 9.17) is 0 Å². The van der Waals surface area contributed by atoms with Gasteiger partial charge in [0.15, 0.2) is 16.6 Å². The molecule has 2 nitrogen and oxygen atoms in total. The maximum atomic E-state index is 10.6. The van der Waals surface area contributed by atoms with Crippen LogP contribution < -0.4 is 0 Å². The zero-order valence-electron chi connectivity index (χ0n) is 13.6. The molecule has 0 radical (unpaired) electrons. The number of hydrogen-bond acceptors (Lipinski definition) is 2. The third kappa shape index (κ3) is 4.41. The van der Waals surface area contributed by atoms with Crippen molar-refractivity contribution in [3.63, 3.8) is 0 Å². The van der Waals surface area contributed by atoms with Crippen LogP contribution in [0.2, 0.25) is 48.6 Å². The van der Waals surface area contributed by atoms with Gasteiger partial charge in [-0.3, -0.25) is 0 Å². The molecule has 0 aliphatic rings. The van der Waals surface area contributed by atoms with E-state index in [1.807, 2.05) is 0 Å². The summed E-state index contributed by atoms with van der Waals surface area (Å²) in [6.07, 6.45) is 0. The molecule has 0 saturated carbocycles. The van der Waals surface area contributed by atoms with E-state index in [9.17, 15) is 9.59 Å². The molecule has 0 heterocycles. The molecule has 0 rings (SSSR count). The minimum atomic E-state index is -1.99. The summed E-state index contributed by atoms with van der Waals surface area (Å²) in [5.74, 6) is 0. The van der Waals surface area contributed by atoms with Crippen LogP contribution in [0.4, 0.5) is 0 Å². The van der Waals surface area contributed by atoms with Crippen molar-refractivity contribution in [1.82, 2.24) is 0 Å². The molecule has 0 aromatic carbocycles. The molecule has 110 valence electrons. The SMILES string of the molecule is CC[Si](C)(O)C(C)[SiH](C)[SiH](C)C(C)[Si](C)(O)CC. The van der Waals surface area contributed by atoms with E-state index in [0.29, 0.717) is 10.3 Å². The monoisotopic (exact) mass is 322 g/mol. The fourth-order valence-electron chi connectivity index (χ4n) is 2.69. The van der Waals surface area contributed by atoms with Crippen molar-refractivity contribution >= 4 is 33.3 Å². The van der Waals surface area contributed by atoms with Gasteiger partial charge in [0, 0.05) is 16.6 Å². The van der Waals surface area contributed by atoms with Gasteiger partial charge in [-0.25, -0.2) is 0 Å². The summed E-state index contributed by atoms with van der Waals surface area (Å²) in [5, 5.41) is 1.18. The highest BCUT2D eigenvalue weighted by Gasteiger charge is 2.42. The Morgan fingerprint density at radius 1 is 0.833 bits per heavy atom. The summed E-state index contributed by atoms with van der Waals surface area (Å²) >= 11 is 0. The first-order chi connectivity index (χ1) is 8.01. The summed E-state index contributed by atoms with van der Waals surface area (Å²) in [4.78, 5) is 21.2. The first-order valence-corrected chi connectivity index (χ1v) is 19.2. The second kappa shape index (κ2) is 6.99. The lowest BCUT2D eigenvalue weighted by atomic mass is 10.9. The summed E-state index contributed by atoms with van der Waals surface area (Å²) in [6.45, 7) is 18.0. The lowest BCUT2D eigenvalue weighted by molar-refractivity contribution is 0.532. The van der Waals surface area contributed by atoms with E-state index in [1.54, 1.807) is 0 Å². The van der Waals surface area contributed by atoms with Crippen molar-refractivity contribution in [2.24, 2.45) is 0 Å². The van der Waals surface area contributed by atoms with Crippen LogP contribution in [0.25, 0.3) is 0 Å². The van der Waals surface area contributed by atoms with Crippen molar-refractivity contribution in [1.29, 1.82) is 0 Å². The largest absolute Gasteiger partial charge is 0.432 e. The Kier molecular flexibility index (Phi) is 7.29. The van der Waals surface area contributed by atoms with Crippen molar-refractivity contribution in [3.05, 3.63) is 0 Å². The van der Waals surface area contributed by atoms with Crippen LogP contribution in [0.15, 0.2) is 0 Å². The highest BCUT2D eigenvalue weighted by molar-refractivity contribution is 7.28. The van der Waals surface area contributed by atoms with Crippen LogP contribution in [0.3, 0.4) is 0 Å². The molecule has 18 heavy (non-hydrogen) atoms. The van der Waals surface area contributed by atoms with Crippen LogP contribution in [0.1, 0.15) is 27.7 Å². The molecule has 2 N–H and O–H groups in total. The first kappa shape index (κ1) is 18.8. The molecule has 0 fully saturated rings. The maximum absolute atomic E-state index is 10.6. The van der Waals surface area contributed by atoms with Crippen molar-refractivity contribution < 1.29 is 9.59 Å². The quantitative estimate of drug-likeness (QED) is 0.708. The van der Waals surface area contributed by atoms with Gasteiger partial charge in [-0.05, 0) is 35.5 Å². The molecule has 0 spiro atoms. The molecular formula is C12H34O2Si4. The van der Waals surface area contributed by atoms with Crippen LogP contribution in [-0.2, 0) is 0 Å². The minimum Gasteiger partial charge on any atom is -0.432 e. The molecule has 0 amide bonds. The van der Waals surface area contributed by atoms with Crippen LogP contribution in [0.5, 0.6) is 0 Å². The van der Waals surface area contributed by atoms with Crippen LogP contribution in [-0.4, -0.2) is 42.9 Å². The summed E-state index contributed by atoms with van der Waals surface area (Å²) in [5.41, 5.74) is 0. The third-order valence-electron chi connectivity index (χ3n) is 5.80. The maximum Gasteiger partial charge on any atom is 0.185 e. The Labute approximate surface area is 119 Å². The smallest absolute Gasteiger partial charge is 0.185 e. The lowest BCUT2D eigenvalue weighted by Crippen LogP contribution is -2.53. The third-order valence-corrected chi connectivity index (χ3v) is 35.6. The first-order valence-electron chi connectivity index (χ1n) is 7.46. The molecule has 0 bridgehead atoms. The zero-order valence-corrected chi connectivity index (χ0v) is 17.9. The molecule has 6 heteroatoms. The van der Waals surface area contributed by atoms with Gasteiger partial charge in [0.2, 0.25) is 0 Å². The molecule has 6 unspecified atom stereocenters. The minimum absolute atomic E-state index is 0.591. The standard InChI is InChI=1S/C12H34O2Si4/c1-9-17(7,13)11(3)15(5)16(6)12(4)18(8,14)10-2/h11-16H,9-10H2,1-8H3. The molecular weight excluding hydrogens is 288 g/mol. The van der Waals surface area contributed by atoms with E-state index in [1.165, 1.54) is 0 Å². The van der Waals surface area contributed by atoms with Crippen LogP contribution >= 0.6 is 0 Å². The van der Waals surface area contributed by atoms with E-state index < -0.39 is 33.3 Å². The molecule has 0 aliphatic carbocycles. The summed E-state index contributed by atoms with van der Waals surface area (Å²) in [6, 6.07) is 1.95. The fourth-order valence-corrected chi connectivity index (χ4v) is 34.7. The Bertz CT molecular complexity index is 232. The second-order valence-electron chi connectivity index (χ2n) is 6.72. The molecule has 0 aliphatic heterocycles. The predicted octanol–water partition coefficient (Wildman–Crippen LogP) is 2.81. The Hall–Kier alpha value is 0.788. The van der Waals surface area contributed by atoms with Gasteiger partial charge in [-0.1, -0.05) is 40.8 Å². The summed E-state index contributed by atoms with van der Waals surface area (Å²) < 4.78 is 0. The number of hydrogen-bond donors (Lipinski definition) is 2. The average molecular weight is 323 g/mol. The molecule has 0 saturated heterocycles. The van der Waals surface area contributed by atoms with Gasteiger partial charge in [-0.15, -0.1) is 0 Å². The van der Waals surface area contributed by atoms with Crippen LogP contribution in [0, 0.1) is 0 Å². The van der Waals surface area contributed by atoms with Gasteiger partial charge in [0.05, 0.1) is 0 Å². The fraction of sp³-hybridized carbons (Fsp3) is 1.00. The Morgan fingerprint density at radius 2 is 1.06 bits per heavy atom. The summed E-state index contributed by atoms with van der Waals surface area (Å²) in [7, 11) is -5.74. The van der Waals surface area contributed by atoms with Gasteiger partial charge < -0.3 is 9.59 Å². The lowest BCUT2D eigenvalue weighted by Gasteiger charge is -2.38. The van der Waals surface area contributed by atoms with E-state index in [0.717, 1.165) is 12.1 Å². The molecule has 6 atom stereocenters. The van der Waals surface area contributed by atoms with Crippen molar-refractivity contribution in [2.45, 2.75) is 76.3 Å². The van der Waals surface area contributed by atoms with Gasteiger partial charge in [0.1, 0.15) is 0 Å². The highest BCUT2D eigenvalue weighted by Crippen LogP contribution is 2.33. The Morgan fingerprint density at radius 3 is 1.22 bits per heavy atom. The normalized spacial score (nSPS) is 25.7. The number of rotatable bonds is 7. The van der Waals surface area contributed by atoms with Gasteiger partial charge >= 0.3 is 0 Å². The van der Waals surface area contributed by atoms with E-state index in [-0.39, 0.29) is 0 Å². The average Bonchev–Trinajstić information content (AvgIpc) is 2.34. The van der Waals surface area contributed by atoms with Gasteiger partial charge in [0.25, 0.3) is 0 Å². The van der Waals surface area contributed by atoms with E-state index >= 15 is 0 Å². The topological polar surface area (TPSA) is 40.5 Å². The van der Waals surface area contributed by atoms with Crippen molar-refractivity contribution in [3.8, 4) is 0 Å². The highest BCUT2D eigenvalue weighted by atomic mass is 29.2. The molecule has 0 aromatic rings. The zero-order chi connectivity index (χ0) is 14.7. The van der Waals surface area contributed by atoms with E-state index in [2.05, 4.69) is 53.9 Å². The molecule has 0 aromatic heterocycles. The predicted molar refractivity (Wildman–Crippen MR) is 93.5 cm³/mol. The second-order valence-corrected chi connectivity index (χ2v) is 28.5. The van der Waals surface area contributed by atoms with Gasteiger partial charge in [-0.2, -0.15) is 0 Å². The van der Waals surface area contributed by atoms with Crippen molar-refractivity contribution in [2.75, 3.05) is 0 Å².